The molecular formula is C33H38N2O4. The number of hydrogen-bond donors (Lipinski definition) is 1. The SMILES string of the molecule is COC(=O)[C@H](C)Oc1cccc(Cn2c(C)c(C)c3cc(C(=O)N[C@@H](C)c4cccc(C(C)C)c4)ccc32)c1. The Morgan fingerprint density at radius 2 is 1.62 bits per heavy atom. The van der Waals surface area contributed by atoms with E-state index < -0.39 is 12.1 Å². The monoisotopic (exact) mass is 526 g/mol. The molecule has 0 saturated carbocycles. The molecule has 1 amide bonds. The molecule has 0 saturated heterocycles. The maximum absolute atomic E-state index is 13.2. The number of carbonyl (C=O) groups excluding carboxylic acids is 2. The molecule has 0 aliphatic heterocycles. The number of nitrogens with zero attached hydrogens (tertiary/aromatic N) is 1. The van der Waals surface area contributed by atoms with Crippen LogP contribution in [0.25, 0.3) is 10.9 Å². The molecule has 3 aromatic carbocycles. The first-order valence-corrected chi connectivity index (χ1v) is 13.4. The molecule has 0 spiro atoms. The number of methoxy groups -OCH3 is 1. The average molecular weight is 527 g/mol. The van der Waals surface area contributed by atoms with Gasteiger partial charge in [-0.3, -0.25) is 4.79 Å². The summed E-state index contributed by atoms with van der Waals surface area (Å²) in [6.45, 7) is 12.9. The van der Waals surface area contributed by atoms with Crippen molar-refractivity contribution in [2.24, 2.45) is 0 Å². The van der Waals surface area contributed by atoms with Crippen LogP contribution in [0.5, 0.6) is 5.75 Å². The van der Waals surface area contributed by atoms with E-state index in [-0.39, 0.29) is 11.9 Å². The molecule has 0 fully saturated rings. The molecular weight excluding hydrogens is 488 g/mol. The number of benzene rings is 3. The standard InChI is InChI=1S/C33H38N2O4/c1-20(2)26-11-9-12-27(17-26)22(4)34-32(36)28-14-15-31-30(18-28)21(3)23(5)35(31)19-25-10-8-13-29(16-25)39-24(6)33(37)38-7/h8-18,20,22,24H,19H2,1-7H3,(H,34,36)/t22-,24-/m0/s1. The van der Waals surface area contributed by atoms with Crippen molar-refractivity contribution in [1.82, 2.24) is 9.88 Å². The lowest BCUT2D eigenvalue weighted by atomic mass is 9.98. The molecule has 204 valence electrons. The number of hydrogen-bond acceptors (Lipinski definition) is 4. The average Bonchev–Trinajstić information content (AvgIpc) is 3.16. The summed E-state index contributed by atoms with van der Waals surface area (Å²) in [5, 5.41) is 4.22. The van der Waals surface area contributed by atoms with Crippen molar-refractivity contribution >= 4 is 22.8 Å². The second-order valence-electron chi connectivity index (χ2n) is 10.5. The number of ether oxygens (including phenoxy) is 2. The van der Waals surface area contributed by atoms with Crippen molar-refractivity contribution in [2.45, 2.75) is 66.2 Å². The maximum Gasteiger partial charge on any atom is 0.346 e. The predicted molar refractivity (Wildman–Crippen MR) is 155 cm³/mol. The first kappa shape index (κ1) is 28.0. The molecule has 4 rings (SSSR count). The van der Waals surface area contributed by atoms with Crippen LogP contribution < -0.4 is 10.1 Å². The molecule has 0 aliphatic carbocycles. The van der Waals surface area contributed by atoms with Crippen molar-refractivity contribution < 1.29 is 19.1 Å². The van der Waals surface area contributed by atoms with Crippen molar-refractivity contribution in [1.29, 1.82) is 0 Å². The Bertz CT molecular complexity index is 1500. The van der Waals surface area contributed by atoms with E-state index in [0.717, 1.165) is 33.3 Å². The minimum atomic E-state index is -0.687. The molecule has 0 aliphatic rings. The third-order valence-corrected chi connectivity index (χ3v) is 7.41. The van der Waals surface area contributed by atoms with Gasteiger partial charge >= 0.3 is 5.97 Å². The highest BCUT2D eigenvalue weighted by Gasteiger charge is 2.18. The maximum atomic E-state index is 13.2. The second kappa shape index (κ2) is 11.8. The molecule has 0 bridgehead atoms. The van der Waals surface area contributed by atoms with E-state index in [2.05, 4.69) is 61.8 Å². The molecule has 6 heteroatoms. The lowest BCUT2D eigenvalue weighted by molar-refractivity contribution is -0.147. The lowest BCUT2D eigenvalue weighted by Gasteiger charge is -2.17. The summed E-state index contributed by atoms with van der Waals surface area (Å²) in [5.41, 5.74) is 7.39. The highest BCUT2D eigenvalue weighted by atomic mass is 16.6. The van der Waals surface area contributed by atoms with Crippen LogP contribution in [0, 0.1) is 13.8 Å². The third kappa shape index (κ3) is 6.17. The zero-order valence-corrected chi connectivity index (χ0v) is 23.9. The number of carbonyl (C=O) groups is 2. The Kier molecular flexibility index (Phi) is 8.44. The van der Waals surface area contributed by atoms with Crippen LogP contribution in [0.1, 0.15) is 78.0 Å². The number of nitrogens with one attached hydrogen (secondary N) is 1. The van der Waals surface area contributed by atoms with Gasteiger partial charge in [-0.2, -0.15) is 0 Å². The normalized spacial score (nSPS) is 12.8. The van der Waals surface area contributed by atoms with Gasteiger partial charge in [-0.05, 0) is 86.2 Å². The highest BCUT2D eigenvalue weighted by molar-refractivity contribution is 5.99. The highest BCUT2D eigenvalue weighted by Crippen LogP contribution is 2.28. The van der Waals surface area contributed by atoms with E-state index in [0.29, 0.717) is 23.8 Å². The molecule has 1 aromatic heterocycles. The Morgan fingerprint density at radius 3 is 2.33 bits per heavy atom. The summed E-state index contributed by atoms with van der Waals surface area (Å²) in [6, 6.07) is 21.9. The summed E-state index contributed by atoms with van der Waals surface area (Å²) < 4.78 is 12.8. The summed E-state index contributed by atoms with van der Waals surface area (Å²) in [5.74, 6) is 0.544. The van der Waals surface area contributed by atoms with Crippen LogP contribution >= 0.6 is 0 Å². The molecule has 4 aromatic rings. The summed E-state index contributed by atoms with van der Waals surface area (Å²) in [7, 11) is 1.35. The number of aromatic nitrogens is 1. The van der Waals surface area contributed by atoms with Gasteiger partial charge in [0.15, 0.2) is 6.10 Å². The molecule has 0 unspecified atom stereocenters. The van der Waals surface area contributed by atoms with Gasteiger partial charge in [-0.1, -0.05) is 50.2 Å². The lowest BCUT2D eigenvalue weighted by Crippen LogP contribution is -2.26. The topological polar surface area (TPSA) is 69.6 Å². The molecule has 1 heterocycles. The summed E-state index contributed by atoms with van der Waals surface area (Å²) in [6.07, 6.45) is -0.687. The van der Waals surface area contributed by atoms with Gasteiger partial charge in [-0.25, -0.2) is 4.79 Å². The Morgan fingerprint density at radius 1 is 0.897 bits per heavy atom. The third-order valence-electron chi connectivity index (χ3n) is 7.41. The molecule has 39 heavy (non-hydrogen) atoms. The van der Waals surface area contributed by atoms with Gasteiger partial charge in [0.1, 0.15) is 5.75 Å². The van der Waals surface area contributed by atoms with Crippen LogP contribution in [-0.2, 0) is 16.1 Å². The van der Waals surface area contributed by atoms with E-state index in [1.807, 2.05) is 49.4 Å². The van der Waals surface area contributed by atoms with Crippen LogP contribution in [0.3, 0.4) is 0 Å². The number of esters is 1. The Labute approximate surface area is 230 Å². The van der Waals surface area contributed by atoms with E-state index in [1.54, 1.807) is 6.92 Å². The van der Waals surface area contributed by atoms with E-state index in [1.165, 1.54) is 12.7 Å². The molecule has 1 N–H and O–H groups in total. The first-order valence-electron chi connectivity index (χ1n) is 13.4. The van der Waals surface area contributed by atoms with E-state index >= 15 is 0 Å². The van der Waals surface area contributed by atoms with Crippen LogP contribution in [-0.4, -0.2) is 29.7 Å². The first-order chi connectivity index (χ1) is 18.6. The van der Waals surface area contributed by atoms with Crippen LogP contribution in [0.2, 0.25) is 0 Å². The molecule has 2 atom stereocenters. The largest absolute Gasteiger partial charge is 0.479 e. The predicted octanol–water partition coefficient (Wildman–Crippen LogP) is 6.86. The van der Waals surface area contributed by atoms with Crippen LogP contribution in [0.15, 0.2) is 66.7 Å². The number of fused-ring (bicyclic) bond motifs is 1. The summed E-state index contributed by atoms with van der Waals surface area (Å²) >= 11 is 0. The van der Waals surface area contributed by atoms with Crippen molar-refractivity contribution in [2.75, 3.05) is 7.11 Å². The number of aryl methyl sites for hydroxylation is 1. The van der Waals surface area contributed by atoms with Crippen LogP contribution in [0.4, 0.5) is 0 Å². The van der Waals surface area contributed by atoms with Gasteiger partial charge in [0.25, 0.3) is 5.91 Å². The Balaban J connectivity index is 1.55. The zero-order chi connectivity index (χ0) is 28.3. The summed E-state index contributed by atoms with van der Waals surface area (Å²) in [4.78, 5) is 25.0. The van der Waals surface area contributed by atoms with Gasteiger partial charge < -0.3 is 19.4 Å². The fourth-order valence-electron chi connectivity index (χ4n) is 4.86. The van der Waals surface area contributed by atoms with Gasteiger partial charge in [0, 0.05) is 28.7 Å². The fourth-order valence-corrected chi connectivity index (χ4v) is 4.86. The van der Waals surface area contributed by atoms with Gasteiger partial charge in [-0.15, -0.1) is 0 Å². The minimum Gasteiger partial charge on any atom is -0.479 e. The van der Waals surface area contributed by atoms with E-state index in [9.17, 15) is 9.59 Å². The Hall–Kier alpha value is -4.06. The van der Waals surface area contributed by atoms with E-state index in [4.69, 9.17) is 9.47 Å². The second-order valence-corrected chi connectivity index (χ2v) is 10.5. The number of amides is 1. The quantitative estimate of drug-likeness (QED) is 0.242. The molecule has 0 radical (unpaired) electrons. The van der Waals surface area contributed by atoms with Crippen molar-refractivity contribution in [3.05, 3.63) is 100 Å². The molecule has 6 nitrogen and oxygen atoms in total. The van der Waals surface area contributed by atoms with Crippen molar-refractivity contribution in [3.63, 3.8) is 0 Å². The van der Waals surface area contributed by atoms with Gasteiger partial charge in [0.05, 0.1) is 13.2 Å². The minimum absolute atomic E-state index is 0.0891. The van der Waals surface area contributed by atoms with Gasteiger partial charge in [0.2, 0.25) is 0 Å². The van der Waals surface area contributed by atoms with Crippen molar-refractivity contribution in [3.8, 4) is 5.75 Å². The number of rotatable bonds is 9. The zero-order valence-electron chi connectivity index (χ0n) is 23.9. The fraction of sp³-hybridized carbons (Fsp3) is 0.333. The smallest absolute Gasteiger partial charge is 0.346 e.